The van der Waals surface area contributed by atoms with E-state index in [1.54, 1.807) is 24.3 Å². The number of nitrogens with zero attached hydrogens (tertiary/aromatic N) is 1. The van der Waals surface area contributed by atoms with Gasteiger partial charge in [0.05, 0.1) is 23.6 Å². The summed E-state index contributed by atoms with van der Waals surface area (Å²) in [4.78, 5) is 26.3. The summed E-state index contributed by atoms with van der Waals surface area (Å²) < 4.78 is 42.4. The molecule has 148 valence electrons. The summed E-state index contributed by atoms with van der Waals surface area (Å²) in [6.07, 6.45) is 0.962. The molecule has 2 amide bonds. The maximum absolute atomic E-state index is 14.0. The number of carbonyl (C=O) groups excluding carboxylic acids is 2. The molecule has 0 radical (unpaired) electrons. The van der Waals surface area contributed by atoms with Gasteiger partial charge in [0.15, 0.2) is 9.84 Å². The van der Waals surface area contributed by atoms with Crippen LogP contribution < -0.4 is 15.0 Å². The second kappa shape index (κ2) is 7.59. The third-order valence-corrected chi connectivity index (χ3v) is 5.59. The zero-order valence-corrected chi connectivity index (χ0v) is 16.1. The van der Waals surface area contributed by atoms with Crippen molar-refractivity contribution in [2.45, 2.75) is 11.3 Å². The van der Waals surface area contributed by atoms with Gasteiger partial charge in [0.1, 0.15) is 11.6 Å². The summed E-state index contributed by atoms with van der Waals surface area (Å²) >= 11 is 0. The van der Waals surface area contributed by atoms with E-state index in [9.17, 15) is 22.4 Å². The minimum absolute atomic E-state index is 0.0313. The number of halogens is 1. The van der Waals surface area contributed by atoms with E-state index in [4.69, 9.17) is 4.74 Å². The van der Waals surface area contributed by atoms with Gasteiger partial charge in [-0.25, -0.2) is 12.8 Å². The van der Waals surface area contributed by atoms with Crippen molar-refractivity contribution in [3.05, 3.63) is 48.3 Å². The number of nitrogens with one attached hydrogen (secondary N) is 1. The van der Waals surface area contributed by atoms with Gasteiger partial charge in [-0.15, -0.1) is 0 Å². The predicted octanol–water partition coefficient (Wildman–Crippen LogP) is 2.23. The molecule has 0 bridgehead atoms. The lowest BCUT2D eigenvalue weighted by atomic mass is 10.1. The van der Waals surface area contributed by atoms with Crippen LogP contribution in [0.4, 0.5) is 15.8 Å². The molecular formula is C19H19FN2O5S. The minimum Gasteiger partial charge on any atom is -0.497 e. The molecule has 0 unspecified atom stereocenters. The second-order valence-electron chi connectivity index (χ2n) is 6.51. The van der Waals surface area contributed by atoms with Gasteiger partial charge in [-0.1, -0.05) is 6.07 Å². The molecule has 0 spiro atoms. The topological polar surface area (TPSA) is 92.8 Å². The Kier molecular flexibility index (Phi) is 5.37. The van der Waals surface area contributed by atoms with Crippen LogP contribution in [0.3, 0.4) is 0 Å². The number of carbonyl (C=O) groups is 2. The van der Waals surface area contributed by atoms with E-state index >= 15 is 0 Å². The van der Waals surface area contributed by atoms with Gasteiger partial charge in [-0.05, 0) is 30.3 Å². The van der Waals surface area contributed by atoms with Gasteiger partial charge in [-0.3, -0.25) is 9.59 Å². The average molecular weight is 406 g/mol. The molecule has 1 aliphatic heterocycles. The molecule has 1 N–H and O–H groups in total. The molecule has 0 aliphatic carbocycles. The molecule has 1 aliphatic rings. The fraction of sp³-hybridized carbons (Fsp3) is 0.263. The van der Waals surface area contributed by atoms with E-state index in [-0.39, 0.29) is 29.5 Å². The van der Waals surface area contributed by atoms with Gasteiger partial charge in [-0.2, -0.15) is 0 Å². The van der Waals surface area contributed by atoms with Crippen molar-refractivity contribution in [2.24, 2.45) is 5.92 Å². The van der Waals surface area contributed by atoms with E-state index in [1.807, 2.05) is 0 Å². The van der Waals surface area contributed by atoms with Crippen LogP contribution in [0.5, 0.6) is 5.75 Å². The van der Waals surface area contributed by atoms with Crippen LogP contribution in [-0.2, 0) is 19.4 Å². The van der Waals surface area contributed by atoms with Crippen molar-refractivity contribution < 1.29 is 27.1 Å². The van der Waals surface area contributed by atoms with Crippen molar-refractivity contribution in [3.8, 4) is 5.75 Å². The molecule has 0 saturated carbocycles. The molecule has 1 heterocycles. The highest BCUT2D eigenvalue weighted by molar-refractivity contribution is 7.90. The smallest absolute Gasteiger partial charge is 0.229 e. The van der Waals surface area contributed by atoms with Crippen molar-refractivity contribution in [1.29, 1.82) is 0 Å². The first kappa shape index (κ1) is 19.8. The van der Waals surface area contributed by atoms with Crippen LogP contribution in [0, 0.1) is 11.7 Å². The number of anilines is 2. The van der Waals surface area contributed by atoms with E-state index in [2.05, 4.69) is 5.32 Å². The monoisotopic (exact) mass is 406 g/mol. The Morgan fingerprint density at radius 2 is 2.00 bits per heavy atom. The maximum atomic E-state index is 14.0. The number of amides is 2. The van der Waals surface area contributed by atoms with Crippen LogP contribution >= 0.6 is 0 Å². The SMILES string of the molecule is COc1cccc(N2C[C@@H](C(=O)Nc3cc(S(C)(=O)=O)ccc3F)CC2=O)c1. The Labute approximate surface area is 162 Å². The second-order valence-corrected chi connectivity index (χ2v) is 8.53. The fourth-order valence-corrected chi connectivity index (χ4v) is 3.62. The van der Waals surface area contributed by atoms with Crippen LogP contribution in [0.1, 0.15) is 6.42 Å². The third-order valence-electron chi connectivity index (χ3n) is 4.48. The third kappa shape index (κ3) is 4.14. The molecule has 1 atom stereocenters. The number of ether oxygens (including phenoxy) is 1. The quantitative estimate of drug-likeness (QED) is 0.769. The van der Waals surface area contributed by atoms with Crippen LogP contribution in [-0.4, -0.2) is 40.1 Å². The molecule has 28 heavy (non-hydrogen) atoms. The Bertz CT molecular complexity index is 1040. The zero-order valence-electron chi connectivity index (χ0n) is 15.3. The van der Waals surface area contributed by atoms with E-state index < -0.39 is 27.5 Å². The van der Waals surface area contributed by atoms with Crippen LogP contribution in [0.25, 0.3) is 0 Å². The van der Waals surface area contributed by atoms with Gasteiger partial charge in [0.25, 0.3) is 0 Å². The number of hydrogen-bond donors (Lipinski definition) is 1. The molecule has 3 rings (SSSR count). The summed E-state index contributed by atoms with van der Waals surface area (Å²) in [6.45, 7) is 0.130. The fourth-order valence-electron chi connectivity index (χ4n) is 2.98. The molecule has 2 aromatic carbocycles. The van der Waals surface area contributed by atoms with Crippen molar-refractivity contribution >= 4 is 33.0 Å². The maximum Gasteiger partial charge on any atom is 0.229 e. The zero-order chi connectivity index (χ0) is 20.5. The van der Waals surface area contributed by atoms with Gasteiger partial charge < -0.3 is 15.0 Å². The first-order valence-electron chi connectivity index (χ1n) is 8.44. The normalized spacial score (nSPS) is 16.9. The van der Waals surface area contributed by atoms with Crippen LogP contribution in [0.2, 0.25) is 0 Å². The van der Waals surface area contributed by atoms with Gasteiger partial charge in [0.2, 0.25) is 11.8 Å². The van der Waals surface area contributed by atoms with Crippen molar-refractivity contribution in [2.75, 3.05) is 30.1 Å². The number of methoxy groups -OCH3 is 1. The van der Waals surface area contributed by atoms with Gasteiger partial charge >= 0.3 is 0 Å². The largest absolute Gasteiger partial charge is 0.497 e. The highest BCUT2D eigenvalue weighted by Crippen LogP contribution is 2.29. The highest BCUT2D eigenvalue weighted by Gasteiger charge is 2.35. The summed E-state index contributed by atoms with van der Waals surface area (Å²) in [6, 6.07) is 10.1. The lowest BCUT2D eigenvalue weighted by Gasteiger charge is -2.17. The number of rotatable bonds is 5. The lowest BCUT2D eigenvalue weighted by Crippen LogP contribution is -2.28. The minimum atomic E-state index is -3.55. The summed E-state index contributed by atoms with van der Waals surface area (Å²) in [5.74, 6) is -1.66. The van der Waals surface area contributed by atoms with Gasteiger partial charge in [0, 0.05) is 31.0 Å². The molecule has 2 aromatic rings. The summed E-state index contributed by atoms with van der Waals surface area (Å²) in [7, 11) is -2.04. The molecule has 1 saturated heterocycles. The molecule has 0 aromatic heterocycles. The Balaban J connectivity index is 1.77. The Morgan fingerprint density at radius 3 is 2.68 bits per heavy atom. The summed E-state index contributed by atoms with van der Waals surface area (Å²) in [5.41, 5.74) is 0.366. The van der Waals surface area contributed by atoms with Crippen LogP contribution in [0.15, 0.2) is 47.4 Å². The first-order chi connectivity index (χ1) is 13.2. The van der Waals surface area contributed by atoms with E-state index in [0.717, 1.165) is 24.5 Å². The molecule has 9 heteroatoms. The summed E-state index contributed by atoms with van der Waals surface area (Å²) in [5, 5.41) is 2.40. The van der Waals surface area contributed by atoms with Crippen molar-refractivity contribution in [1.82, 2.24) is 0 Å². The van der Waals surface area contributed by atoms with Crippen molar-refractivity contribution in [3.63, 3.8) is 0 Å². The molecule has 1 fully saturated rings. The standard InChI is InChI=1S/C19H19FN2O5S/c1-27-14-5-3-4-13(9-14)22-11-12(8-18(22)23)19(24)21-17-10-15(28(2,25)26)6-7-16(17)20/h3-7,9-10,12H,8,11H2,1-2H3,(H,21,24)/t12-/m0/s1. The Morgan fingerprint density at radius 1 is 1.25 bits per heavy atom. The average Bonchev–Trinajstić information content (AvgIpc) is 3.04. The first-order valence-corrected chi connectivity index (χ1v) is 10.3. The highest BCUT2D eigenvalue weighted by atomic mass is 32.2. The number of benzene rings is 2. The lowest BCUT2D eigenvalue weighted by molar-refractivity contribution is -0.122. The van der Waals surface area contributed by atoms with E-state index in [1.165, 1.54) is 12.0 Å². The molecule has 7 nitrogen and oxygen atoms in total. The molecular weight excluding hydrogens is 387 g/mol. The number of sulfone groups is 1. The predicted molar refractivity (Wildman–Crippen MR) is 102 cm³/mol. The van der Waals surface area contributed by atoms with E-state index in [0.29, 0.717) is 11.4 Å². The Hall–Kier alpha value is -2.94. The number of hydrogen-bond acceptors (Lipinski definition) is 5.